The van der Waals surface area contributed by atoms with Gasteiger partial charge >= 0.3 is 0 Å². The van der Waals surface area contributed by atoms with Crippen molar-refractivity contribution in [2.45, 2.75) is 13.0 Å². The van der Waals surface area contributed by atoms with Crippen molar-refractivity contribution in [3.63, 3.8) is 0 Å². The first-order chi connectivity index (χ1) is 9.19. The van der Waals surface area contributed by atoms with E-state index in [1.165, 1.54) is 0 Å². The fraction of sp³-hybridized carbons (Fsp3) is 0.267. The Labute approximate surface area is 117 Å². The zero-order valence-electron chi connectivity index (χ0n) is 11.1. The van der Waals surface area contributed by atoms with Gasteiger partial charge in [-0.05, 0) is 29.1 Å². The molecule has 0 atom stereocenters. The molecule has 2 rings (SSSR count). The van der Waals surface area contributed by atoms with E-state index in [-0.39, 0.29) is 5.91 Å². The van der Waals surface area contributed by atoms with E-state index in [1.807, 2.05) is 48.8 Å². The van der Waals surface area contributed by atoms with E-state index in [1.54, 1.807) is 23.3 Å². The summed E-state index contributed by atoms with van der Waals surface area (Å²) < 4.78 is 5.11. The standard InChI is InChI=1S/C15H17NO2S/c1-16(15(17)10-14-4-3-9-19-14)11-12-5-7-13(18-2)8-6-12/h3-9H,10-11H2,1-2H3. The molecule has 4 heteroatoms. The van der Waals surface area contributed by atoms with Gasteiger partial charge in [-0.25, -0.2) is 0 Å². The van der Waals surface area contributed by atoms with Crippen molar-refractivity contribution < 1.29 is 9.53 Å². The lowest BCUT2D eigenvalue weighted by Gasteiger charge is -2.17. The lowest BCUT2D eigenvalue weighted by Crippen LogP contribution is -2.27. The lowest BCUT2D eigenvalue weighted by atomic mass is 10.2. The van der Waals surface area contributed by atoms with Crippen molar-refractivity contribution in [3.05, 3.63) is 52.2 Å². The predicted molar refractivity (Wildman–Crippen MR) is 77.5 cm³/mol. The number of benzene rings is 1. The Balaban J connectivity index is 1.92. The van der Waals surface area contributed by atoms with Crippen molar-refractivity contribution in [1.29, 1.82) is 0 Å². The molecule has 100 valence electrons. The molecule has 0 aliphatic carbocycles. The molecule has 0 spiro atoms. The zero-order chi connectivity index (χ0) is 13.7. The Kier molecular flexibility index (Phi) is 4.58. The van der Waals surface area contributed by atoms with Crippen LogP contribution in [0.1, 0.15) is 10.4 Å². The molecule has 0 N–H and O–H groups in total. The van der Waals surface area contributed by atoms with Crippen LogP contribution in [0.5, 0.6) is 5.75 Å². The SMILES string of the molecule is COc1ccc(CN(C)C(=O)Cc2cccs2)cc1. The number of nitrogens with zero attached hydrogens (tertiary/aromatic N) is 1. The molecule has 0 fully saturated rings. The number of carbonyl (C=O) groups excluding carboxylic acids is 1. The van der Waals surface area contributed by atoms with Gasteiger partial charge in [-0.1, -0.05) is 18.2 Å². The molecule has 0 bridgehead atoms. The fourth-order valence-corrected chi connectivity index (χ4v) is 2.49. The van der Waals surface area contributed by atoms with E-state index in [2.05, 4.69) is 0 Å². The predicted octanol–water partition coefficient (Wildman–Crippen LogP) is 2.96. The zero-order valence-corrected chi connectivity index (χ0v) is 11.9. The van der Waals surface area contributed by atoms with Gasteiger partial charge in [0.1, 0.15) is 5.75 Å². The number of carbonyl (C=O) groups is 1. The number of thiophene rings is 1. The van der Waals surface area contributed by atoms with Gasteiger partial charge in [0, 0.05) is 18.5 Å². The third kappa shape index (κ3) is 3.83. The van der Waals surface area contributed by atoms with Crippen LogP contribution >= 0.6 is 11.3 Å². The molecule has 1 aromatic carbocycles. The monoisotopic (exact) mass is 275 g/mol. The van der Waals surface area contributed by atoms with Crippen molar-refractivity contribution in [2.24, 2.45) is 0 Å². The topological polar surface area (TPSA) is 29.5 Å². The summed E-state index contributed by atoms with van der Waals surface area (Å²) in [5.74, 6) is 0.967. The van der Waals surface area contributed by atoms with Crippen LogP contribution in [0, 0.1) is 0 Å². The van der Waals surface area contributed by atoms with Crippen LogP contribution < -0.4 is 4.74 Å². The van der Waals surface area contributed by atoms with Crippen LogP contribution in [0.15, 0.2) is 41.8 Å². The Hall–Kier alpha value is -1.81. The van der Waals surface area contributed by atoms with E-state index in [9.17, 15) is 4.79 Å². The highest BCUT2D eigenvalue weighted by atomic mass is 32.1. The van der Waals surface area contributed by atoms with E-state index < -0.39 is 0 Å². The van der Waals surface area contributed by atoms with Gasteiger partial charge in [-0.15, -0.1) is 11.3 Å². The third-order valence-electron chi connectivity index (χ3n) is 2.91. The summed E-state index contributed by atoms with van der Waals surface area (Å²) in [4.78, 5) is 14.9. The number of hydrogen-bond donors (Lipinski definition) is 0. The van der Waals surface area contributed by atoms with Crippen molar-refractivity contribution in [1.82, 2.24) is 4.90 Å². The first kappa shape index (κ1) is 13.6. The molecule has 19 heavy (non-hydrogen) atoms. The maximum absolute atomic E-state index is 12.0. The summed E-state index contributed by atoms with van der Waals surface area (Å²) in [6.45, 7) is 0.619. The van der Waals surface area contributed by atoms with Crippen molar-refractivity contribution in [3.8, 4) is 5.75 Å². The molecule has 2 aromatic rings. The van der Waals surface area contributed by atoms with Gasteiger partial charge in [-0.2, -0.15) is 0 Å². The second-order valence-electron chi connectivity index (χ2n) is 4.35. The van der Waals surface area contributed by atoms with Gasteiger partial charge in [0.25, 0.3) is 0 Å². The molecular weight excluding hydrogens is 258 g/mol. The Morgan fingerprint density at radius 1 is 1.26 bits per heavy atom. The largest absolute Gasteiger partial charge is 0.497 e. The summed E-state index contributed by atoms with van der Waals surface area (Å²) in [5, 5.41) is 1.99. The average molecular weight is 275 g/mol. The fourth-order valence-electron chi connectivity index (χ4n) is 1.79. The molecule has 0 saturated carbocycles. The molecule has 0 saturated heterocycles. The van der Waals surface area contributed by atoms with Gasteiger partial charge in [0.05, 0.1) is 13.5 Å². The molecule has 0 aliphatic heterocycles. The minimum Gasteiger partial charge on any atom is -0.497 e. The minimum atomic E-state index is 0.137. The second kappa shape index (κ2) is 6.38. The first-order valence-electron chi connectivity index (χ1n) is 6.08. The molecular formula is C15H17NO2S. The molecule has 0 radical (unpaired) electrons. The van der Waals surface area contributed by atoms with Crippen LogP contribution in [0.25, 0.3) is 0 Å². The number of ether oxygens (including phenoxy) is 1. The molecule has 3 nitrogen and oxygen atoms in total. The van der Waals surface area contributed by atoms with Gasteiger partial charge in [-0.3, -0.25) is 4.79 Å². The number of hydrogen-bond acceptors (Lipinski definition) is 3. The van der Waals surface area contributed by atoms with Crippen LogP contribution in [-0.2, 0) is 17.8 Å². The summed E-state index contributed by atoms with van der Waals surface area (Å²) >= 11 is 1.62. The molecule has 0 aliphatic rings. The van der Waals surface area contributed by atoms with Crippen LogP contribution in [0.3, 0.4) is 0 Å². The quantitative estimate of drug-likeness (QED) is 0.839. The molecule has 0 unspecified atom stereocenters. The van der Waals surface area contributed by atoms with Crippen molar-refractivity contribution >= 4 is 17.2 Å². The average Bonchev–Trinajstić information content (AvgIpc) is 2.92. The summed E-state index contributed by atoms with van der Waals surface area (Å²) in [6, 6.07) is 11.7. The van der Waals surface area contributed by atoms with Crippen LogP contribution in [0.2, 0.25) is 0 Å². The van der Waals surface area contributed by atoms with Crippen LogP contribution in [-0.4, -0.2) is 25.0 Å². The number of likely N-dealkylation sites (N-methyl/N-ethyl adjacent to an activating group) is 1. The maximum Gasteiger partial charge on any atom is 0.227 e. The number of amides is 1. The Morgan fingerprint density at radius 3 is 2.58 bits per heavy atom. The molecule has 1 heterocycles. The highest BCUT2D eigenvalue weighted by Gasteiger charge is 2.10. The lowest BCUT2D eigenvalue weighted by molar-refractivity contribution is -0.129. The highest BCUT2D eigenvalue weighted by molar-refractivity contribution is 7.10. The van der Waals surface area contributed by atoms with E-state index >= 15 is 0 Å². The number of rotatable bonds is 5. The smallest absolute Gasteiger partial charge is 0.227 e. The van der Waals surface area contributed by atoms with Crippen molar-refractivity contribution in [2.75, 3.05) is 14.2 Å². The third-order valence-corrected chi connectivity index (χ3v) is 3.79. The van der Waals surface area contributed by atoms with E-state index in [0.717, 1.165) is 16.2 Å². The van der Waals surface area contributed by atoms with E-state index in [4.69, 9.17) is 4.74 Å². The van der Waals surface area contributed by atoms with Gasteiger partial charge < -0.3 is 9.64 Å². The molecule has 1 aromatic heterocycles. The van der Waals surface area contributed by atoms with Crippen LogP contribution in [0.4, 0.5) is 0 Å². The van der Waals surface area contributed by atoms with E-state index in [0.29, 0.717) is 13.0 Å². The van der Waals surface area contributed by atoms with Gasteiger partial charge in [0.2, 0.25) is 5.91 Å². The highest BCUT2D eigenvalue weighted by Crippen LogP contribution is 2.14. The normalized spacial score (nSPS) is 10.2. The summed E-state index contributed by atoms with van der Waals surface area (Å²) in [5.41, 5.74) is 1.10. The number of methoxy groups -OCH3 is 1. The summed E-state index contributed by atoms with van der Waals surface area (Å²) in [6.07, 6.45) is 0.477. The molecule has 1 amide bonds. The maximum atomic E-state index is 12.0. The minimum absolute atomic E-state index is 0.137. The van der Waals surface area contributed by atoms with Gasteiger partial charge in [0.15, 0.2) is 0 Å². The first-order valence-corrected chi connectivity index (χ1v) is 6.96. The Morgan fingerprint density at radius 2 is 2.00 bits per heavy atom. The summed E-state index contributed by atoms with van der Waals surface area (Å²) in [7, 11) is 3.48. The second-order valence-corrected chi connectivity index (χ2v) is 5.39. The Bertz CT molecular complexity index is 520.